The quantitative estimate of drug-likeness (QED) is 0.449. The van der Waals surface area contributed by atoms with Crippen LogP contribution < -0.4 is 16.8 Å². The van der Waals surface area contributed by atoms with Gasteiger partial charge in [0, 0.05) is 6.04 Å². The molecule has 0 aromatic rings. The van der Waals surface area contributed by atoms with Crippen molar-refractivity contribution in [1.82, 2.24) is 5.32 Å². The lowest BCUT2D eigenvalue weighted by molar-refractivity contribution is 0.461. The van der Waals surface area contributed by atoms with Crippen LogP contribution in [0.15, 0.2) is 0 Å². The maximum absolute atomic E-state index is 5.55. The summed E-state index contributed by atoms with van der Waals surface area (Å²) < 4.78 is 0. The highest BCUT2D eigenvalue weighted by Gasteiger charge is 2.03. The van der Waals surface area contributed by atoms with Crippen LogP contribution >= 0.6 is 0 Å². The molecule has 0 heterocycles. The van der Waals surface area contributed by atoms with E-state index in [9.17, 15) is 0 Å². The van der Waals surface area contributed by atoms with Gasteiger partial charge in [-0.25, -0.2) is 0 Å². The first-order valence-corrected chi connectivity index (χ1v) is 6.92. The zero-order chi connectivity index (χ0) is 12.1. The zero-order valence-electron chi connectivity index (χ0n) is 11.0. The van der Waals surface area contributed by atoms with Crippen LogP contribution in [-0.4, -0.2) is 26.2 Å². The van der Waals surface area contributed by atoms with E-state index in [0.29, 0.717) is 6.04 Å². The topological polar surface area (TPSA) is 64.1 Å². The van der Waals surface area contributed by atoms with Gasteiger partial charge in [0.15, 0.2) is 0 Å². The number of hydrogen-bond acceptors (Lipinski definition) is 3. The normalized spacial score (nSPS) is 12.9. The lowest BCUT2D eigenvalue weighted by atomic mass is 10.0. The Morgan fingerprint density at radius 1 is 0.750 bits per heavy atom. The zero-order valence-corrected chi connectivity index (χ0v) is 11.0. The van der Waals surface area contributed by atoms with E-state index >= 15 is 0 Å². The van der Waals surface area contributed by atoms with E-state index in [1.807, 2.05) is 7.05 Å². The van der Waals surface area contributed by atoms with E-state index in [0.717, 1.165) is 19.5 Å². The Morgan fingerprint density at radius 2 is 1.31 bits per heavy atom. The second-order valence-corrected chi connectivity index (χ2v) is 4.62. The number of hydrogen-bond donors (Lipinski definition) is 3. The second-order valence-electron chi connectivity index (χ2n) is 4.62. The van der Waals surface area contributed by atoms with Crippen molar-refractivity contribution in [3.05, 3.63) is 0 Å². The summed E-state index contributed by atoms with van der Waals surface area (Å²) >= 11 is 0. The minimum Gasteiger partial charge on any atom is -0.330 e. The van der Waals surface area contributed by atoms with E-state index in [-0.39, 0.29) is 0 Å². The van der Waals surface area contributed by atoms with Crippen LogP contribution in [0.2, 0.25) is 0 Å². The number of unbranched alkanes of at least 4 members (excludes halogenated alkanes) is 6. The summed E-state index contributed by atoms with van der Waals surface area (Å²) in [7, 11) is 2.03. The third-order valence-corrected chi connectivity index (χ3v) is 3.18. The van der Waals surface area contributed by atoms with Gasteiger partial charge in [-0.2, -0.15) is 0 Å². The Bertz CT molecular complexity index is 128. The summed E-state index contributed by atoms with van der Waals surface area (Å²) in [6.45, 7) is 1.65. The molecule has 5 N–H and O–H groups in total. The van der Waals surface area contributed by atoms with Gasteiger partial charge < -0.3 is 16.8 Å². The van der Waals surface area contributed by atoms with Crippen molar-refractivity contribution in [2.24, 2.45) is 11.5 Å². The van der Waals surface area contributed by atoms with Crippen LogP contribution in [0.4, 0.5) is 0 Å². The molecule has 0 saturated heterocycles. The molecule has 98 valence electrons. The molecule has 0 rings (SSSR count). The van der Waals surface area contributed by atoms with Gasteiger partial charge in [0.2, 0.25) is 0 Å². The van der Waals surface area contributed by atoms with Crippen LogP contribution in [-0.2, 0) is 0 Å². The summed E-state index contributed by atoms with van der Waals surface area (Å²) in [6, 6.07) is 0.627. The fourth-order valence-corrected chi connectivity index (χ4v) is 2.05. The molecule has 0 spiro atoms. The molecule has 0 aliphatic heterocycles. The van der Waals surface area contributed by atoms with Crippen molar-refractivity contribution >= 4 is 0 Å². The highest BCUT2D eigenvalue weighted by Crippen LogP contribution is 2.10. The van der Waals surface area contributed by atoms with Crippen LogP contribution in [0.1, 0.15) is 57.8 Å². The first kappa shape index (κ1) is 15.9. The second kappa shape index (κ2) is 12.9. The molecule has 0 aliphatic rings. The van der Waals surface area contributed by atoms with Crippen molar-refractivity contribution in [3.8, 4) is 0 Å². The van der Waals surface area contributed by atoms with Crippen LogP contribution in [0.25, 0.3) is 0 Å². The molecule has 0 fully saturated rings. The summed E-state index contributed by atoms with van der Waals surface area (Å²) in [4.78, 5) is 0. The average Bonchev–Trinajstić information content (AvgIpc) is 2.31. The molecule has 0 aromatic heterocycles. The molecular weight excluding hydrogens is 198 g/mol. The molecule has 0 amide bonds. The van der Waals surface area contributed by atoms with E-state index in [4.69, 9.17) is 11.5 Å². The first-order valence-electron chi connectivity index (χ1n) is 6.92. The third kappa shape index (κ3) is 10.4. The first-order chi connectivity index (χ1) is 7.85. The fraction of sp³-hybridized carbons (Fsp3) is 1.00. The van der Waals surface area contributed by atoms with Gasteiger partial charge in [-0.15, -0.1) is 0 Å². The largest absolute Gasteiger partial charge is 0.330 e. The molecule has 0 aliphatic carbocycles. The highest BCUT2D eigenvalue weighted by atomic mass is 14.9. The summed E-state index contributed by atoms with van der Waals surface area (Å²) in [5.74, 6) is 0. The highest BCUT2D eigenvalue weighted by molar-refractivity contribution is 4.64. The Balaban J connectivity index is 3.12. The molecule has 3 nitrogen and oxygen atoms in total. The van der Waals surface area contributed by atoms with Crippen molar-refractivity contribution in [2.45, 2.75) is 63.8 Å². The lowest BCUT2D eigenvalue weighted by Gasteiger charge is -2.14. The van der Waals surface area contributed by atoms with Gasteiger partial charge >= 0.3 is 0 Å². The molecule has 3 heteroatoms. The lowest BCUT2D eigenvalue weighted by Crippen LogP contribution is -2.27. The van der Waals surface area contributed by atoms with Gasteiger partial charge in [-0.3, -0.25) is 0 Å². The van der Waals surface area contributed by atoms with Crippen LogP contribution in [0, 0.1) is 0 Å². The Hall–Kier alpha value is -0.120. The maximum Gasteiger partial charge on any atom is 0.00760 e. The summed E-state index contributed by atoms with van der Waals surface area (Å²) in [5, 5.41) is 3.33. The minimum atomic E-state index is 0.627. The smallest absolute Gasteiger partial charge is 0.00760 e. The van der Waals surface area contributed by atoms with Crippen LogP contribution in [0.5, 0.6) is 0 Å². The van der Waals surface area contributed by atoms with E-state index in [2.05, 4.69) is 5.32 Å². The van der Waals surface area contributed by atoms with E-state index < -0.39 is 0 Å². The molecule has 0 bridgehead atoms. The van der Waals surface area contributed by atoms with Crippen molar-refractivity contribution in [3.63, 3.8) is 0 Å². The SMILES string of the molecule is CNC(CCN)CCCCCCCCCN. The molecule has 16 heavy (non-hydrogen) atoms. The number of nitrogens with one attached hydrogen (secondary N) is 1. The Kier molecular flexibility index (Phi) is 12.9. The van der Waals surface area contributed by atoms with Gasteiger partial charge in [0.1, 0.15) is 0 Å². The van der Waals surface area contributed by atoms with E-state index in [1.165, 1.54) is 51.4 Å². The van der Waals surface area contributed by atoms with Crippen molar-refractivity contribution in [1.29, 1.82) is 0 Å². The third-order valence-electron chi connectivity index (χ3n) is 3.18. The fourth-order valence-electron chi connectivity index (χ4n) is 2.05. The number of rotatable bonds is 12. The van der Waals surface area contributed by atoms with Crippen molar-refractivity contribution < 1.29 is 0 Å². The molecule has 0 radical (unpaired) electrons. The predicted octanol–water partition coefficient (Wildman–Crippen LogP) is 2.00. The molecule has 1 atom stereocenters. The average molecular weight is 229 g/mol. The molecular formula is C13H31N3. The van der Waals surface area contributed by atoms with E-state index in [1.54, 1.807) is 0 Å². The Morgan fingerprint density at radius 3 is 1.81 bits per heavy atom. The number of nitrogens with two attached hydrogens (primary N) is 2. The molecule has 1 unspecified atom stereocenters. The minimum absolute atomic E-state index is 0.627. The van der Waals surface area contributed by atoms with Gasteiger partial charge in [0.25, 0.3) is 0 Å². The monoisotopic (exact) mass is 229 g/mol. The molecule has 0 aromatic carbocycles. The van der Waals surface area contributed by atoms with Gasteiger partial charge in [-0.05, 0) is 39.4 Å². The Labute approximate surface area is 101 Å². The maximum atomic E-state index is 5.55. The summed E-state index contributed by atoms with van der Waals surface area (Å²) in [5.41, 5.74) is 11.0. The van der Waals surface area contributed by atoms with Gasteiger partial charge in [0.05, 0.1) is 0 Å². The van der Waals surface area contributed by atoms with Crippen molar-refractivity contribution in [2.75, 3.05) is 20.1 Å². The summed E-state index contributed by atoms with van der Waals surface area (Å²) in [6.07, 6.45) is 11.7. The predicted molar refractivity (Wildman–Crippen MR) is 72.5 cm³/mol. The van der Waals surface area contributed by atoms with Gasteiger partial charge in [-0.1, -0.05) is 38.5 Å². The van der Waals surface area contributed by atoms with Crippen LogP contribution in [0.3, 0.4) is 0 Å². The molecule has 0 saturated carbocycles. The standard InChI is InChI=1S/C13H31N3/c1-16-13(10-12-15)9-7-5-3-2-4-6-8-11-14/h13,16H,2-12,14-15H2,1H3.